The van der Waals surface area contributed by atoms with E-state index in [1.807, 2.05) is 13.8 Å². The molecule has 0 radical (unpaired) electrons. The maximum Gasteiger partial charge on any atom is 0.282 e. The van der Waals surface area contributed by atoms with Gasteiger partial charge in [0.15, 0.2) is 0 Å². The van der Waals surface area contributed by atoms with Crippen LogP contribution in [0, 0.1) is 0 Å². The summed E-state index contributed by atoms with van der Waals surface area (Å²) in [5.41, 5.74) is -0.346. The van der Waals surface area contributed by atoms with Gasteiger partial charge >= 0.3 is 0 Å². The van der Waals surface area contributed by atoms with Crippen LogP contribution in [0.3, 0.4) is 0 Å². The molecule has 1 saturated heterocycles. The first kappa shape index (κ1) is 11.9. The van der Waals surface area contributed by atoms with E-state index in [1.165, 1.54) is 4.31 Å². The molecule has 6 heteroatoms. The highest BCUT2D eigenvalue weighted by Crippen LogP contribution is 2.21. The largest absolute Gasteiger partial charge is 0.314 e. The molecule has 1 fully saturated rings. The van der Waals surface area contributed by atoms with Gasteiger partial charge in [-0.25, -0.2) is 0 Å². The van der Waals surface area contributed by atoms with Gasteiger partial charge < -0.3 is 5.32 Å². The van der Waals surface area contributed by atoms with E-state index in [4.69, 9.17) is 0 Å². The van der Waals surface area contributed by atoms with Gasteiger partial charge in [0, 0.05) is 39.3 Å². The molecule has 1 rings (SSSR count). The van der Waals surface area contributed by atoms with E-state index in [9.17, 15) is 8.42 Å². The summed E-state index contributed by atoms with van der Waals surface area (Å²) in [5, 5.41) is 3.19. The molecular weight excluding hydrogens is 202 g/mol. The Labute approximate surface area is 86.3 Å². The van der Waals surface area contributed by atoms with Crippen molar-refractivity contribution in [3.63, 3.8) is 0 Å². The van der Waals surface area contributed by atoms with Gasteiger partial charge in [-0.1, -0.05) is 0 Å². The van der Waals surface area contributed by atoms with E-state index in [0.29, 0.717) is 13.1 Å². The summed E-state index contributed by atoms with van der Waals surface area (Å²) in [6.07, 6.45) is 0. The SMILES string of the molecule is CN(C)S(=O)(=O)N1CCNCC1(C)C. The molecular formula is C8H19N3O2S. The number of nitrogens with zero attached hydrogens (tertiary/aromatic N) is 2. The van der Waals surface area contributed by atoms with E-state index in [-0.39, 0.29) is 5.54 Å². The molecule has 5 nitrogen and oxygen atoms in total. The first-order valence-electron chi connectivity index (χ1n) is 4.69. The van der Waals surface area contributed by atoms with Crippen LogP contribution in [0.4, 0.5) is 0 Å². The second-order valence-electron chi connectivity index (χ2n) is 4.35. The van der Waals surface area contributed by atoms with Crippen molar-refractivity contribution < 1.29 is 8.42 Å². The molecule has 0 atom stereocenters. The van der Waals surface area contributed by atoms with Crippen LogP contribution in [0.1, 0.15) is 13.8 Å². The fraction of sp³-hybridized carbons (Fsp3) is 1.00. The summed E-state index contributed by atoms with van der Waals surface area (Å²) in [5.74, 6) is 0. The lowest BCUT2D eigenvalue weighted by molar-refractivity contribution is 0.177. The first-order chi connectivity index (χ1) is 6.28. The third-order valence-corrected chi connectivity index (χ3v) is 4.62. The zero-order valence-corrected chi connectivity index (χ0v) is 10.1. The number of hydrogen-bond donors (Lipinski definition) is 1. The third kappa shape index (κ3) is 2.08. The van der Waals surface area contributed by atoms with Gasteiger partial charge in [0.25, 0.3) is 10.2 Å². The minimum atomic E-state index is -3.28. The summed E-state index contributed by atoms with van der Waals surface area (Å²) in [4.78, 5) is 0. The van der Waals surface area contributed by atoms with Crippen LogP contribution >= 0.6 is 0 Å². The predicted octanol–water partition coefficient (Wildman–Crippen LogP) is -0.523. The molecule has 14 heavy (non-hydrogen) atoms. The molecule has 1 heterocycles. The van der Waals surface area contributed by atoms with Crippen LogP contribution in [-0.4, -0.2) is 56.3 Å². The molecule has 1 N–H and O–H groups in total. The van der Waals surface area contributed by atoms with Gasteiger partial charge in [0.1, 0.15) is 0 Å². The van der Waals surface area contributed by atoms with Crippen LogP contribution in [0.15, 0.2) is 0 Å². The molecule has 0 spiro atoms. The Kier molecular flexibility index (Phi) is 3.20. The average molecular weight is 221 g/mol. The Hall–Kier alpha value is -0.170. The lowest BCUT2D eigenvalue weighted by atomic mass is 10.0. The van der Waals surface area contributed by atoms with E-state index in [1.54, 1.807) is 18.4 Å². The molecule has 1 aliphatic heterocycles. The number of rotatable bonds is 2. The molecule has 1 aliphatic rings. The van der Waals surface area contributed by atoms with Gasteiger partial charge in [-0.3, -0.25) is 0 Å². The van der Waals surface area contributed by atoms with Crippen molar-refractivity contribution in [2.45, 2.75) is 19.4 Å². The van der Waals surface area contributed by atoms with Gasteiger partial charge in [-0.2, -0.15) is 17.0 Å². The number of nitrogens with one attached hydrogen (secondary N) is 1. The van der Waals surface area contributed by atoms with Crippen LogP contribution in [0.2, 0.25) is 0 Å². The quantitative estimate of drug-likeness (QED) is 0.682. The summed E-state index contributed by atoms with van der Waals surface area (Å²) in [7, 11) is -0.155. The molecule has 0 aromatic heterocycles. The van der Waals surface area contributed by atoms with Gasteiger partial charge in [-0.15, -0.1) is 0 Å². The maximum atomic E-state index is 11.9. The van der Waals surface area contributed by atoms with Crippen molar-refractivity contribution in [1.29, 1.82) is 0 Å². The second kappa shape index (κ2) is 3.77. The van der Waals surface area contributed by atoms with Crippen molar-refractivity contribution in [1.82, 2.24) is 13.9 Å². The Morgan fingerprint density at radius 3 is 2.36 bits per heavy atom. The molecule has 0 aromatic rings. The van der Waals surface area contributed by atoms with Crippen LogP contribution in [0.25, 0.3) is 0 Å². The minimum absolute atomic E-state index is 0.346. The zero-order chi connectivity index (χ0) is 11.0. The fourth-order valence-electron chi connectivity index (χ4n) is 1.59. The molecule has 0 amide bonds. The second-order valence-corrected chi connectivity index (χ2v) is 6.42. The molecule has 0 aromatic carbocycles. The third-order valence-electron chi connectivity index (χ3n) is 2.46. The lowest BCUT2D eigenvalue weighted by Crippen LogP contribution is -2.61. The highest BCUT2D eigenvalue weighted by atomic mass is 32.2. The van der Waals surface area contributed by atoms with Gasteiger partial charge in [-0.05, 0) is 13.8 Å². The smallest absolute Gasteiger partial charge is 0.282 e. The highest BCUT2D eigenvalue weighted by molar-refractivity contribution is 7.86. The summed E-state index contributed by atoms with van der Waals surface area (Å²) < 4.78 is 26.7. The normalized spacial score (nSPS) is 24.1. The van der Waals surface area contributed by atoms with Crippen LogP contribution in [-0.2, 0) is 10.2 Å². The van der Waals surface area contributed by atoms with E-state index < -0.39 is 10.2 Å². The number of hydrogen-bond acceptors (Lipinski definition) is 3. The zero-order valence-electron chi connectivity index (χ0n) is 9.24. The standard InChI is InChI=1S/C8H19N3O2S/c1-8(2)7-9-5-6-11(8)14(12,13)10(3)4/h9H,5-7H2,1-4H3. The van der Waals surface area contributed by atoms with E-state index in [0.717, 1.165) is 6.54 Å². The van der Waals surface area contributed by atoms with Crippen molar-refractivity contribution in [2.24, 2.45) is 0 Å². The van der Waals surface area contributed by atoms with E-state index in [2.05, 4.69) is 5.32 Å². The van der Waals surface area contributed by atoms with Crippen molar-refractivity contribution in [3.05, 3.63) is 0 Å². The topological polar surface area (TPSA) is 52.7 Å². The Morgan fingerprint density at radius 2 is 1.93 bits per heavy atom. The Bertz CT molecular complexity index is 298. The molecule has 0 bridgehead atoms. The van der Waals surface area contributed by atoms with Crippen LogP contribution in [0.5, 0.6) is 0 Å². The fourth-order valence-corrected chi connectivity index (χ4v) is 3.00. The van der Waals surface area contributed by atoms with Crippen LogP contribution < -0.4 is 5.32 Å². The monoisotopic (exact) mass is 221 g/mol. The average Bonchev–Trinajstić information content (AvgIpc) is 2.02. The summed E-state index contributed by atoms with van der Waals surface area (Å²) in [6.45, 7) is 5.81. The van der Waals surface area contributed by atoms with E-state index >= 15 is 0 Å². The summed E-state index contributed by atoms with van der Waals surface area (Å²) in [6, 6.07) is 0. The van der Waals surface area contributed by atoms with Crippen molar-refractivity contribution in [2.75, 3.05) is 33.7 Å². The highest BCUT2D eigenvalue weighted by Gasteiger charge is 2.39. The minimum Gasteiger partial charge on any atom is -0.314 e. The molecule has 0 saturated carbocycles. The Morgan fingerprint density at radius 1 is 1.36 bits per heavy atom. The lowest BCUT2D eigenvalue weighted by Gasteiger charge is -2.42. The summed E-state index contributed by atoms with van der Waals surface area (Å²) >= 11 is 0. The Balaban J connectivity index is 2.96. The molecule has 84 valence electrons. The maximum absolute atomic E-state index is 11.9. The van der Waals surface area contributed by atoms with Gasteiger partial charge in [0.2, 0.25) is 0 Å². The van der Waals surface area contributed by atoms with Gasteiger partial charge in [0.05, 0.1) is 0 Å². The van der Waals surface area contributed by atoms with Crippen molar-refractivity contribution in [3.8, 4) is 0 Å². The molecule has 0 aliphatic carbocycles. The first-order valence-corrected chi connectivity index (χ1v) is 6.09. The predicted molar refractivity (Wildman–Crippen MR) is 56.3 cm³/mol. The number of piperazine rings is 1. The molecule has 0 unspecified atom stereocenters. The van der Waals surface area contributed by atoms with Crippen molar-refractivity contribution >= 4 is 10.2 Å².